The lowest BCUT2D eigenvalue weighted by Crippen LogP contribution is -2.25. The minimum atomic E-state index is 0.129. The molecule has 0 aromatic carbocycles. The number of aliphatic hydroxyl groups excluding tert-OH is 1. The van der Waals surface area contributed by atoms with Crippen LogP contribution < -0.4 is 0 Å². The van der Waals surface area contributed by atoms with E-state index in [4.69, 9.17) is 5.11 Å². The van der Waals surface area contributed by atoms with Crippen LogP contribution in [0.3, 0.4) is 0 Å². The average Bonchev–Trinajstić information content (AvgIpc) is 2.27. The van der Waals surface area contributed by atoms with Gasteiger partial charge in [0.15, 0.2) is 0 Å². The predicted molar refractivity (Wildman–Crippen MR) is 70.2 cm³/mol. The fraction of sp³-hybridized carbons (Fsp3) is 0.667. The largest absolute Gasteiger partial charge is 0.381 e. The van der Waals surface area contributed by atoms with Gasteiger partial charge in [-0.25, -0.2) is 0 Å². The van der Waals surface area contributed by atoms with Crippen LogP contribution in [0.4, 0.5) is 0 Å². The highest BCUT2D eigenvalue weighted by Crippen LogP contribution is 2.06. The van der Waals surface area contributed by atoms with E-state index in [0.717, 1.165) is 25.9 Å². The number of hydrogen-bond acceptors (Lipinski definition) is 2. The molecule has 15 heavy (non-hydrogen) atoms. The molecule has 0 saturated carbocycles. The summed E-state index contributed by atoms with van der Waals surface area (Å²) >= 11 is 3.54. The molecule has 0 rings (SSSR count). The average molecular weight is 276 g/mol. The van der Waals surface area contributed by atoms with Crippen LogP contribution in [0.2, 0.25) is 0 Å². The van der Waals surface area contributed by atoms with Gasteiger partial charge in [-0.1, -0.05) is 47.2 Å². The molecule has 3 heteroatoms. The van der Waals surface area contributed by atoms with Crippen LogP contribution in [0.15, 0.2) is 24.3 Å². The highest BCUT2D eigenvalue weighted by molar-refractivity contribution is 9.09. The van der Waals surface area contributed by atoms with Crippen molar-refractivity contribution in [2.45, 2.75) is 31.5 Å². The second kappa shape index (κ2) is 10.4. The Morgan fingerprint density at radius 2 is 2.13 bits per heavy atom. The van der Waals surface area contributed by atoms with E-state index in [0.29, 0.717) is 4.83 Å². The van der Waals surface area contributed by atoms with E-state index in [9.17, 15) is 0 Å². The Morgan fingerprint density at radius 3 is 2.67 bits per heavy atom. The molecule has 1 unspecified atom stereocenters. The number of halogens is 1. The summed E-state index contributed by atoms with van der Waals surface area (Å²) in [6.45, 7) is 6.00. The first kappa shape index (κ1) is 14.9. The van der Waals surface area contributed by atoms with Crippen LogP contribution in [-0.2, 0) is 0 Å². The molecule has 2 nitrogen and oxygen atoms in total. The predicted octanol–water partition coefficient (Wildman–Crippen LogP) is 2.93. The monoisotopic (exact) mass is 275 g/mol. The normalized spacial score (nSPS) is 14.5. The van der Waals surface area contributed by atoms with Crippen molar-refractivity contribution in [2.24, 2.45) is 0 Å². The van der Waals surface area contributed by atoms with Gasteiger partial charge in [-0.05, 0) is 19.8 Å². The van der Waals surface area contributed by atoms with E-state index in [2.05, 4.69) is 41.1 Å². The van der Waals surface area contributed by atoms with Gasteiger partial charge in [0.2, 0.25) is 0 Å². The van der Waals surface area contributed by atoms with Crippen LogP contribution in [0, 0.1) is 0 Å². The number of hydrogen-bond donors (Lipinski definition) is 1. The molecule has 0 heterocycles. The molecular weight excluding hydrogens is 254 g/mol. The first-order chi connectivity index (χ1) is 7.24. The zero-order valence-electron chi connectivity index (χ0n) is 9.69. The van der Waals surface area contributed by atoms with Gasteiger partial charge in [-0.15, -0.1) is 0 Å². The van der Waals surface area contributed by atoms with Gasteiger partial charge in [0, 0.05) is 17.9 Å². The van der Waals surface area contributed by atoms with E-state index >= 15 is 0 Å². The van der Waals surface area contributed by atoms with Crippen LogP contribution in [0.5, 0.6) is 0 Å². The second-order valence-corrected chi connectivity index (χ2v) is 4.60. The Hall–Kier alpha value is -0.120. The molecule has 0 aromatic rings. The molecule has 0 fully saturated rings. The van der Waals surface area contributed by atoms with Crippen molar-refractivity contribution in [1.29, 1.82) is 0 Å². The summed E-state index contributed by atoms with van der Waals surface area (Å²) in [6.07, 6.45) is 10.5. The molecule has 88 valence electrons. The van der Waals surface area contributed by atoms with Crippen molar-refractivity contribution < 1.29 is 5.11 Å². The SMILES string of the molecule is CC=CCN(CO)CCC=CC(Br)CC. The summed E-state index contributed by atoms with van der Waals surface area (Å²) in [6, 6.07) is 0. The maximum atomic E-state index is 9.07. The molecule has 1 atom stereocenters. The summed E-state index contributed by atoms with van der Waals surface area (Å²) in [5.41, 5.74) is 0. The Balaban J connectivity index is 3.66. The van der Waals surface area contributed by atoms with E-state index in [1.165, 1.54) is 0 Å². The highest BCUT2D eigenvalue weighted by atomic mass is 79.9. The lowest BCUT2D eigenvalue weighted by Gasteiger charge is -2.15. The van der Waals surface area contributed by atoms with Gasteiger partial charge in [0.05, 0.1) is 6.73 Å². The van der Waals surface area contributed by atoms with Crippen LogP contribution in [0.1, 0.15) is 26.7 Å². The van der Waals surface area contributed by atoms with Crippen molar-refractivity contribution in [3.8, 4) is 0 Å². The summed E-state index contributed by atoms with van der Waals surface area (Å²) in [5, 5.41) is 9.07. The fourth-order valence-electron chi connectivity index (χ4n) is 1.11. The van der Waals surface area contributed by atoms with Crippen molar-refractivity contribution in [3.63, 3.8) is 0 Å². The molecule has 0 aliphatic heterocycles. The Bertz CT molecular complexity index is 192. The number of rotatable bonds is 8. The summed E-state index contributed by atoms with van der Waals surface area (Å²) in [5.74, 6) is 0. The molecule has 0 aliphatic rings. The first-order valence-corrected chi connectivity index (χ1v) is 6.41. The molecule has 0 saturated heterocycles. The number of aliphatic hydroxyl groups is 1. The lowest BCUT2D eigenvalue weighted by molar-refractivity contribution is 0.120. The first-order valence-electron chi connectivity index (χ1n) is 5.49. The van der Waals surface area contributed by atoms with E-state index in [-0.39, 0.29) is 6.73 Å². The molecule has 0 bridgehead atoms. The summed E-state index contributed by atoms with van der Waals surface area (Å²) < 4.78 is 0. The van der Waals surface area contributed by atoms with Crippen molar-refractivity contribution in [1.82, 2.24) is 4.90 Å². The van der Waals surface area contributed by atoms with Gasteiger partial charge in [0.25, 0.3) is 0 Å². The summed E-state index contributed by atoms with van der Waals surface area (Å²) in [4.78, 5) is 2.48. The number of nitrogens with zero attached hydrogens (tertiary/aromatic N) is 1. The molecule has 1 N–H and O–H groups in total. The van der Waals surface area contributed by atoms with E-state index in [1.807, 2.05) is 17.9 Å². The smallest absolute Gasteiger partial charge is 0.0959 e. The maximum absolute atomic E-state index is 9.07. The minimum absolute atomic E-state index is 0.129. The molecule has 0 aromatic heterocycles. The number of alkyl halides is 1. The van der Waals surface area contributed by atoms with E-state index in [1.54, 1.807) is 0 Å². The molecule has 0 amide bonds. The van der Waals surface area contributed by atoms with Crippen molar-refractivity contribution in [2.75, 3.05) is 19.8 Å². The Labute approximate surface area is 102 Å². The molecule has 0 aliphatic carbocycles. The standard InChI is InChI=1S/C12H22BrNO/c1-3-5-9-14(11-15)10-7-6-8-12(13)4-2/h3,5-6,8,12,15H,4,7,9-11H2,1-2H3. The third kappa shape index (κ3) is 8.85. The van der Waals surface area contributed by atoms with Gasteiger partial charge >= 0.3 is 0 Å². The number of allylic oxidation sites excluding steroid dienone is 2. The Kier molecular flexibility index (Phi) is 10.3. The Morgan fingerprint density at radius 1 is 1.40 bits per heavy atom. The van der Waals surface area contributed by atoms with Crippen molar-refractivity contribution in [3.05, 3.63) is 24.3 Å². The molecule has 0 radical (unpaired) electrons. The van der Waals surface area contributed by atoms with Gasteiger partial charge in [-0.3, -0.25) is 4.90 Å². The van der Waals surface area contributed by atoms with Crippen LogP contribution >= 0.6 is 15.9 Å². The maximum Gasteiger partial charge on any atom is 0.0959 e. The highest BCUT2D eigenvalue weighted by Gasteiger charge is 1.98. The zero-order chi connectivity index (χ0) is 11.5. The van der Waals surface area contributed by atoms with Crippen LogP contribution in [0.25, 0.3) is 0 Å². The zero-order valence-corrected chi connectivity index (χ0v) is 11.3. The summed E-state index contributed by atoms with van der Waals surface area (Å²) in [7, 11) is 0. The minimum Gasteiger partial charge on any atom is -0.381 e. The topological polar surface area (TPSA) is 23.5 Å². The third-order valence-electron chi connectivity index (χ3n) is 2.15. The quantitative estimate of drug-likeness (QED) is 0.418. The van der Waals surface area contributed by atoms with Gasteiger partial charge in [0.1, 0.15) is 0 Å². The van der Waals surface area contributed by atoms with Crippen LogP contribution in [-0.4, -0.2) is 34.7 Å². The molecule has 0 spiro atoms. The van der Waals surface area contributed by atoms with Gasteiger partial charge in [-0.2, -0.15) is 0 Å². The molecular formula is C12H22BrNO. The lowest BCUT2D eigenvalue weighted by atomic mass is 10.2. The fourth-order valence-corrected chi connectivity index (χ4v) is 1.33. The van der Waals surface area contributed by atoms with Crippen molar-refractivity contribution >= 4 is 15.9 Å². The second-order valence-electron chi connectivity index (χ2n) is 3.43. The van der Waals surface area contributed by atoms with E-state index < -0.39 is 0 Å². The third-order valence-corrected chi connectivity index (χ3v) is 3.10. The van der Waals surface area contributed by atoms with Gasteiger partial charge < -0.3 is 5.11 Å².